The maximum absolute atomic E-state index is 12.5. The van der Waals surface area contributed by atoms with Crippen LogP contribution in [0.1, 0.15) is 11.4 Å². The fourth-order valence-corrected chi connectivity index (χ4v) is 3.60. The smallest absolute Gasteiger partial charge is 0.240 e. The van der Waals surface area contributed by atoms with Crippen LogP contribution in [-0.4, -0.2) is 42.5 Å². The van der Waals surface area contributed by atoms with Gasteiger partial charge in [-0.25, -0.2) is 4.98 Å². The number of rotatable bonds is 9. The van der Waals surface area contributed by atoms with Gasteiger partial charge < -0.3 is 19.4 Å². The second-order valence-corrected chi connectivity index (χ2v) is 7.19. The van der Waals surface area contributed by atoms with Gasteiger partial charge in [-0.05, 0) is 42.5 Å². The summed E-state index contributed by atoms with van der Waals surface area (Å²) in [5.41, 5.74) is 2.99. The third-order valence-electron chi connectivity index (χ3n) is 4.49. The molecule has 2 aromatic carbocycles. The fraction of sp³-hybridized carbons (Fsp3) is 0.333. The first-order chi connectivity index (χ1) is 13.7. The van der Waals surface area contributed by atoms with Gasteiger partial charge in [0.05, 0.1) is 31.0 Å². The molecule has 0 aliphatic heterocycles. The number of para-hydroxylation sites is 2. The zero-order valence-electron chi connectivity index (χ0n) is 16.4. The maximum atomic E-state index is 12.5. The molecular formula is C21H25N3O3S. The Hall–Kier alpha value is -2.67. The number of nitrogens with one attached hydrogen (secondary N) is 1. The van der Waals surface area contributed by atoms with E-state index in [1.165, 1.54) is 0 Å². The Morgan fingerprint density at radius 2 is 1.93 bits per heavy atom. The number of benzene rings is 2. The van der Waals surface area contributed by atoms with Crippen LogP contribution in [0.5, 0.6) is 11.5 Å². The number of aromatic nitrogens is 2. The SMILES string of the molecule is COc1ccc(CCNC(=O)Cn2c(CSC)nc3ccccc32)cc1OC. The fourth-order valence-electron chi connectivity index (χ4n) is 3.12. The molecule has 7 heteroatoms. The van der Waals surface area contributed by atoms with Crippen molar-refractivity contribution in [2.24, 2.45) is 0 Å². The van der Waals surface area contributed by atoms with Crippen molar-refractivity contribution in [3.63, 3.8) is 0 Å². The lowest BCUT2D eigenvalue weighted by Gasteiger charge is -2.11. The number of methoxy groups -OCH3 is 2. The predicted molar refractivity (Wildman–Crippen MR) is 113 cm³/mol. The average molecular weight is 400 g/mol. The molecule has 148 valence electrons. The maximum Gasteiger partial charge on any atom is 0.240 e. The number of ether oxygens (including phenoxy) is 2. The van der Waals surface area contributed by atoms with E-state index in [0.717, 1.165) is 28.2 Å². The van der Waals surface area contributed by atoms with Crippen molar-refractivity contribution >= 4 is 28.7 Å². The van der Waals surface area contributed by atoms with E-state index in [1.54, 1.807) is 26.0 Å². The van der Waals surface area contributed by atoms with Crippen molar-refractivity contribution < 1.29 is 14.3 Å². The van der Waals surface area contributed by atoms with Gasteiger partial charge in [-0.1, -0.05) is 18.2 Å². The molecule has 1 aromatic heterocycles. The van der Waals surface area contributed by atoms with Gasteiger partial charge in [0.15, 0.2) is 11.5 Å². The molecule has 1 N–H and O–H groups in total. The Kier molecular flexibility index (Phi) is 6.81. The van der Waals surface area contributed by atoms with Crippen LogP contribution in [0, 0.1) is 0 Å². The number of nitrogens with zero attached hydrogens (tertiary/aromatic N) is 2. The zero-order chi connectivity index (χ0) is 19.9. The molecule has 0 aliphatic rings. The van der Waals surface area contributed by atoms with Crippen LogP contribution in [0.25, 0.3) is 11.0 Å². The van der Waals surface area contributed by atoms with E-state index in [0.29, 0.717) is 24.5 Å². The van der Waals surface area contributed by atoms with E-state index >= 15 is 0 Å². The zero-order valence-corrected chi connectivity index (χ0v) is 17.2. The van der Waals surface area contributed by atoms with Crippen LogP contribution in [0.15, 0.2) is 42.5 Å². The van der Waals surface area contributed by atoms with Crippen LogP contribution < -0.4 is 14.8 Å². The molecule has 0 atom stereocenters. The van der Waals surface area contributed by atoms with Crippen LogP contribution in [0.3, 0.4) is 0 Å². The van der Waals surface area contributed by atoms with E-state index < -0.39 is 0 Å². The number of carbonyl (C=O) groups excluding carboxylic acids is 1. The standard InChI is InChI=1S/C21H25N3O3S/c1-26-18-9-8-15(12-19(18)27-2)10-11-22-21(25)13-24-17-7-5-4-6-16(17)23-20(24)14-28-3/h4-9,12H,10-11,13-14H2,1-3H3,(H,22,25). The van der Waals surface area contributed by atoms with E-state index in [4.69, 9.17) is 9.47 Å². The molecule has 0 spiro atoms. The largest absolute Gasteiger partial charge is 0.493 e. The highest BCUT2D eigenvalue weighted by Crippen LogP contribution is 2.27. The van der Waals surface area contributed by atoms with Crippen molar-refractivity contribution in [2.45, 2.75) is 18.7 Å². The van der Waals surface area contributed by atoms with Gasteiger partial charge in [0.25, 0.3) is 0 Å². The molecule has 6 nitrogen and oxygen atoms in total. The van der Waals surface area contributed by atoms with Gasteiger partial charge in [0.2, 0.25) is 5.91 Å². The van der Waals surface area contributed by atoms with Gasteiger partial charge in [0.1, 0.15) is 12.4 Å². The van der Waals surface area contributed by atoms with Crippen LogP contribution in [0.4, 0.5) is 0 Å². The quantitative estimate of drug-likeness (QED) is 0.598. The van der Waals surface area contributed by atoms with Crippen LogP contribution in [0.2, 0.25) is 0 Å². The number of thioether (sulfide) groups is 1. The summed E-state index contributed by atoms with van der Waals surface area (Å²) in [6.45, 7) is 0.821. The summed E-state index contributed by atoms with van der Waals surface area (Å²) in [6.07, 6.45) is 2.75. The van der Waals surface area contributed by atoms with Gasteiger partial charge in [-0.3, -0.25) is 4.79 Å². The number of imidazole rings is 1. The molecular weight excluding hydrogens is 374 g/mol. The summed E-state index contributed by atoms with van der Waals surface area (Å²) < 4.78 is 12.6. The highest BCUT2D eigenvalue weighted by molar-refractivity contribution is 7.97. The van der Waals surface area contributed by atoms with Gasteiger partial charge >= 0.3 is 0 Å². The second kappa shape index (κ2) is 9.50. The minimum atomic E-state index is -0.0222. The average Bonchev–Trinajstić information content (AvgIpc) is 3.05. The van der Waals surface area contributed by atoms with E-state index in [-0.39, 0.29) is 12.5 Å². The Morgan fingerprint density at radius 1 is 1.14 bits per heavy atom. The van der Waals surface area contributed by atoms with Gasteiger partial charge in [-0.15, -0.1) is 0 Å². The molecule has 28 heavy (non-hydrogen) atoms. The van der Waals surface area contributed by atoms with Crippen molar-refractivity contribution in [2.75, 3.05) is 27.0 Å². The molecule has 0 bridgehead atoms. The molecule has 3 rings (SSSR count). The summed E-state index contributed by atoms with van der Waals surface area (Å²) in [4.78, 5) is 17.2. The van der Waals surface area contributed by atoms with Gasteiger partial charge in [0, 0.05) is 6.54 Å². The number of hydrogen-bond donors (Lipinski definition) is 1. The molecule has 0 radical (unpaired) electrons. The highest BCUT2D eigenvalue weighted by atomic mass is 32.2. The van der Waals surface area contributed by atoms with Crippen molar-refractivity contribution in [1.82, 2.24) is 14.9 Å². The molecule has 0 unspecified atom stereocenters. The monoisotopic (exact) mass is 399 g/mol. The summed E-state index contributed by atoms with van der Waals surface area (Å²) in [6, 6.07) is 13.7. The summed E-state index contributed by atoms with van der Waals surface area (Å²) in [5, 5.41) is 3.00. The normalized spacial score (nSPS) is 10.8. The minimum absolute atomic E-state index is 0.0222. The molecule has 0 saturated carbocycles. The summed E-state index contributed by atoms with van der Waals surface area (Å²) in [7, 11) is 3.23. The Balaban J connectivity index is 1.62. The third-order valence-corrected chi connectivity index (χ3v) is 5.04. The first-order valence-electron chi connectivity index (χ1n) is 9.07. The molecule has 1 heterocycles. The van der Waals surface area contributed by atoms with Crippen LogP contribution in [-0.2, 0) is 23.5 Å². The number of amides is 1. The van der Waals surface area contributed by atoms with E-state index in [9.17, 15) is 4.79 Å². The van der Waals surface area contributed by atoms with E-state index in [2.05, 4.69) is 10.3 Å². The third kappa shape index (κ3) is 4.59. The number of carbonyl (C=O) groups is 1. The van der Waals surface area contributed by atoms with E-state index in [1.807, 2.05) is 53.3 Å². The van der Waals surface area contributed by atoms with Gasteiger partial charge in [-0.2, -0.15) is 11.8 Å². The topological polar surface area (TPSA) is 65.4 Å². The number of fused-ring (bicyclic) bond motifs is 1. The molecule has 0 saturated heterocycles. The highest BCUT2D eigenvalue weighted by Gasteiger charge is 2.13. The van der Waals surface area contributed by atoms with Crippen molar-refractivity contribution in [1.29, 1.82) is 0 Å². The van der Waals surface area contributed by atoms with Crippen molar-refractivity contribution in [3.8, 4) is 11.5 Å². The lowest BCUT2D eigenvalue weighted by molar-refractivity contribution is -0.121. The Labute approximate surface area is 169 Å². The lowest BCUT2D eigenvalue weighted by atomic mass is 10.1. The Bertz CT molecular complexity index is 955. The van der Waals surface area contributed by atoms with Crippen LogP contribution >= 0.6 is 11.8 Å². The first kappa shape index (κ1) is 20.1. The predicted octanol–water partition coefficient (Wildman–Crippen LogP) is 3.28. The molecule has 1 amide bonds. The molecule has 0 aliphatic carbocycles. The summed E-state index contributed by atoms with van der Waals surface area (Å²) >= 11 is 1.70. The lowest BCUT2D eigenvalue weighted by Crippen LogP contribution is -2.29. The van der Waals surface area contributed by atoms with Crippen molar-refractivity contribution in [3.05, 3.63) is 53.9 Å². The summed E-state index contributed by atoms with van der Waals surface area (Å²) in [5.74, 6) is 3.06. The second-order valence-electron chi connectivity index (χ2n) is 6.33. The number of hydrogen-bond acceptors (Lipinski definition) is 5. The minimum Gasteiger partial charge on any atom is -0.493 e. The Morgan fingerprint density at radius 3 is 2.68 bits per heavy atom. The molecule has 0 fully saturated rings. The first-order valence-corrected chi connectivity index (χ1v) is 10.5. The molecule has 3 aromatic rings.